The van der Waals surface area contributed by atoms with Gasteiger partial charge in [-0.05, 0) is 17.9 Å². The van der Waals surface area contributed by atoms with Crippen molar-refractivity contribution in [3.05, 3.63) is 29.7 Å². The molecule has 2 N–H and O–H groups in total. The summed E-state index contributed by atoms with van der Waals surface area (Å²) in [7, 11) is 0. The fraction of sp³-hybridized carbons (Fsp3) is 0.500. The predicted molar refractivity (Wildman–Crippen MR) is 101 cm³/mol. The molecule has 1 aliphatic rings. The summed E-state index contributed by atoms with van der Waals surface area (Å²) in [6.45, 7) is 5.70. The summed E-state index contributed by atoms with van der Waals surface area (Å²) < 4.78 is 5.07. The minimum atomic E-state index is -0.0298. The van der Waals surface area contributed by atoms with E-state index in [0.717, 1.165) is 29.2 Å². The average molecular weight is 392 g/mol. The lowest BCUT2D eigenvalue weighted by Gasteiger charge is -2.42. The van der Waals surface area contributed by atoms with Gasteiger partial charge in [-0.3, -0.25) is 4.79 Å². The number of thiazole rings is 1. The summed E-state index contributed by atoms with van der Waals surface area (Å²) >= 11 is 1.53. The topological polar surface area (TPSA) is 72.4 Å². The lowest BCUT2D eigenvalue weighted by atomic mass is 9.79. The molecule has 1 saturated heterocycles. The molecule has 1 amide bonds. The molecule has 1 aliphatic heterocycles. The van der Waals surface area contributed by atoms with Gasteiger partial charge >= 0.3 is 0 Å². The van der Waals surface area contributed by atoms with Gasteiger partial charge in [0.1, 0.15) is 11.3 Å². The van der Waals surface area contributed by atoms with Crippen LogP contribution in [0.25, 0.3) is 10.6 Å². The largest absolute Gasteiger partial charge is 0.472 e. The van der Waals surface area contributed by atoms with Crippen molar-refractivity contribution < 1.29 is 9.21 Å². The number of nitrogens with zero attached hydrogens (tertiary/aromatic N) is 2. The number of likely N-dealkylation sites (tertiary alicyclic amines) is 1. The highest BCUT2D eigenvalue weighted by molar-refractivity contribution is 7.13. The highest BCUT2D eigenvalue weighted by Crippen LogP contribution is 2.28. The van der Waals surface area contributed by atoms with Crippen molar-refractivity contribution in [1.29, 1.82) is 0 Å². The van der Waals surface area contributed by atoms with Crippen LogP contribution in [0.1, 0.15) is 26.0 Å². The van der Waals surface area contributed by atoms with Crippen LogP contribution in [0.2, 0.25) is 0 Å². The van der Waals surface area contributed by atoms with E-state index in [9.17, 15) is 4.79 Å². The van der Waals surface area contributed by atoms with Gasteiger partial charge in [-0.2, -0.15) is 0 Å². The molecule has 0 radical (unpaired) electrons. The van der Waals surface area contributed by atoms with Crippen molar-refractivity contribution in [2.45, 2.75) is 32.7 Å². The standard InChI is InChI=1S/C16H21N3O2S.2ClH/c1-16(2)10-19(5-3-13(16)17)14(20)7-12-9-22-15(18-12)11-4-6-21-8-11;;/h4,6,8-9,13H,3,5,7,10,17H2,1-2H3;2*1H. The maximum Gasteiger partial charge on any atom is 0.228 e. The van der Waals surface area contributed by atoms with Crippen molar-refractivity contribution in [3.63, 3.8) is 0 Å². The molecule has 2 aromatic heterocycles. The molecule has 0 bridgehead atoms. The van der Waals surface area contributed by atoms with Gasteiger partial charge < -0.3 is 15.1 Å². The molecule has 134 valence electrons. The summed E-state index contributed by atoms with van der Waals surface area (Å²) in [6, 6.07) is 2.03. The van der Waals surface area contributed by atoms with Gasteiger partial charge in [0.25, 0.3) is 0 Å². The van der Waals surface area contributed by atoms with Gasteiger partial charge in [-0.25, -0.2) is 4.98 Å². The number of piperidine rings is 1. The minimum absolute atomic E-state index is 0. The number of rotatable bonds is 3. The number of carbonyl (C=O) groups excluding carboxylic acids is 1. The van der Waals surface area contributed by atoms with Crippen molar-refractivity contribution >= 4 is 42.1 Å². The van der Waals surface area contributed by atoms with E-state index >= 15 is 0 Å². The highest BCUT2D eigenvalue weighted by Gasteiger charge is 2.35. The van der Waals surface area contributed by atoms with Crippen molar-refractivity contribution in [3.8, 4) is 10.6 Å². The maximum atomic E-state index is 12.5. The molecule has 0 spiro atoms. The molecule has 0 aromatic carbocycles. The summed E-state index contributed by atoms with van der Waals surface area (Å²) in [5.74, 6) is 0.129. The molecule has 24 heavy (non-hydrogen) atoms. The Morgan fingerprint density at radius 3 is 2.88 bits per heavy atom. The second-order valence-corrected chi connectivity index (χ2v) is 7.39. The highest BCUT2D eigenvalue weighted by atomic mass is 35.5. The van der Waals surface area contributed by atoms with Crippen LogP contribution in [0.5, 0.6) is 0 Å². The smallest absolute Gasteiger partial charge is 0.228 e. The number of hydrogen-bond acceptors (Lipinski definition) is 5. The third-order valence-electron chi connectivity index (χ3n) is 4.32. The maximum absolute atomic E-state index is 12.5. The Morgan fingerprint density at radius 2 is 2.25 bits per heavy atom. The normalized spacial score (nSPS) is 19.3. The first-order valence-electron chi connectivity index (χ1n) is 7.46. The Morgan fingerprint density at radius 1 is 1.50 bits per heavy atom. The van der Waals surface area contributed by atoms with Crippen LogP contribution < -0.4 is 5.73 Å². The molecular weight excluding hydrogens is 369 g/mol. The summed E-state index contributed by atoms with van der Waals surface area (Å²) in [4.78, 5) is 18.9. The number of nitrogens with two attached hydrogens (primary N) is 1. The van der Waals surface area contributed by atoms with Gasteiger partial charge in [-0.15, -0.1) is 36.2 Å². The lowest BCUT2D eigenvalue weighted by Crippen LogP contribution is -2.54. The average Bonchev–Trinajstić information content (AvgIpc) is 3.12. The Bertz CT molecular complexity index is 658. The van der Waals surface area contributed by atoms with Crippen molar-refractivity contribution in [2.24, 2.45) is 11.1 Å². The van der Waals surface area contributed by atoms with Crippen LogP contribution in [-0.2, 0) is 11.2 Å². The van der Waals surface area contributed by atoms with E-state index in [-0.39, 0.29) is 42.2 Å². The van der Waals surface area contributed by atoms with Gasteiger partial charge in [-0.1, -0.05) is 13.8 Å². The number of furan rings is 1. The molecule has 0 saturated carbocycles. The van der Waals surface area contributed by atoms with Crippen molar-refractivity contribution in [1.82, 2.24) is 9.88 Å². The summed E-state index contributed by atoms with van der Waals surface area (Å²) in [5, 5.41) is 2.83. The molecule has 1 fully saturated rings. The van der Waals surface area contributed by atoms with Gasteiger partial charge in [0, 0.05) is 30.1 Å². The summed E-state index contributed by atoms with van der Waals surface area (Å²) in [5.41, 5.74) is 7.87. The number of hydrogen-bond donors (Lipinski definition) is 1. The van der Waals surface area contributed by atoms with Crippen molar-refractivity contribution in [2.75, 3.05) is 13.1 Å². The van der Waals surface area contributed by atoms with E-state index in [1.807, 2.05) is 16.3 Å². The monoisotopic (exact) mass is 391 g/mol. The van der Waals surface area contributed by atoms with Crippen LogP contribution in [0.15, 0.2) is 28.4 Å². The Balaban J connectivity index is 0.00000144. The molecule has 3 rings (SSSR count). The Kier molecular flexibility index (Phi) is 7.28. The lowest BCUT2D eigenvalue weighted by molar-refractivity contribution is -0.133. The third-order valence-corrected chi connectivity index (χ3v) is 5.26. The second kappa shape index (κ2) is 8.34. The van der Waals surface area contributed by atoms with Crippen LogP contribution in [0.3, 0.4) is 0 Å². The van der Waals surface area contributed by atoms with Gasteiger partial charge in [0.15, 0.2) is 0 Å². The predicted octanol–water partition coefficient (Wildman–Crippen LogP) is 3.38. The first kappa shape index (κ1) is 21.0. The molecule has 5 nitrogen and oxygen atoms in total. The van der Waals surface area contributed by atoms with Gasteiger partial charge in [0.05, 0.1) is 18.4 Å². The number of amides is 1. The molecule has 2 aromatic rings. The number of aromatic nitrogens is 1. The first-order valence-corrected chi connectivity index (χ1v) is 8.34. The van der Waals surface area contributed by atoms with E-state index in [4.69, 9.17) is 10.2 Å². The fourth-order valence-corrected chi connectivity index (χ4v) is 3.57. The molecule has 8 heteroatoms. The van der Waals surface area contributed by atoms with E-state index in [1.54, 1.807) is 12.5 Å². The zero-order valence-corrected chi connectivity index (χ0v) is 16.2. The van der Waals surface area contributed by atoms with Crippen LogP contribution in [0, 0.1) is 5.41 Å². The molecule has 1 unspecified atom stereocenters. The fourth-order valence-electron chi connectivity index (χ4n) is 2.76. The Labute approximate surface area is 158 Å². The summed E-state index contributed by atoms with van der Waals surface area (Å²) in [6.07, 6.45) is 4.50. The number of halogens is 2. The minimum Gasteiger partial charge on any atom is -0.472 e. The number of carbonyl (C=O) groups is 1. The first-order chi connectivity index (χ1) is 10.5. The van der Waals surface area contributed by atoms with Gasteiger partial charge in [0.2, 0.25) is 5.91 Å². The van der Waals surface area contributed by atoms with E-state index in [0.29, 0.717) is 13.0 Å². The van der Waals surface area contributed by atoms with Crippen LogP contribution in [0.4, 0.5) is 0 Å². The Hall–Kier alpha value is -1.08. The molecular formula is C16H23Cl2N3O2S. The SMILES string of the molecule is CC1(C)CN(C(=O)Cc2csc(-c3ccoc3)n2)CCC1N.Cl.Cl. The van der Waals surface area contributed by atoms with E-state index < -0.39 is 0 Å². The zero-order chi connectivity index (χ0) is 15.7. The molecule has 3 heterocycles. The quantitative estimate of drug-likeness (QED) is 0.869. The van der Waals surface area contributed by atoms with Crippen LogP contribution in [-0.4, -0.2) is 34.9 Å². The zero-order valence-electron chi connectivity index (χ0n) is 13.7. The molecule has 0 aliphatic carbocycles. The van der Waals surface area contributed by atoms with Crippen LogP contribution >= 0.6 is 36.2 Å². The third kappa shape index (κ3) is 4.51. The van der Waals surface area contributed by atoms with E-state index in [2.05, 4.69) is 18.8 Å². The van der Waals surface area contributed by atoms with E-state index in [1.165, 1.54) is 11.3 Å². The second-order valence-electron chi connectivity index (χ2n) is 6.53. The molecule has 1 atom stereocenters.